The molecule has 224 valence electrons. The van der Waals surface area contributed by atoms with E-state index in [2.05, 4.69) is 30.5 Å². The molecule has 1 amide bonds. The molecule has 3 N–H and O–H groups in total. The summed E-state index contributed by atoms with van der Waals surface area (Å²) >= 11 is 0. The number of sulfone groups is 1. The molecule has 0 saturated heterocycles. The standard InChI is InChI=1S/C33H31FN6O3S/c1-33(2,3)32(41)37-23-13-21(16-35-17-23)28-15-26-30(18-36-28)39-40-31(26)29-14-25-24(6-5-7-27(25)38-29)20-10-19(11-22(34)12-20)8-9-44(4,42)43/h5-7,10-18,38H,8-9H2,1-4H3,(H,37,41)(H,39,40). The van der Waals surface area contributed by atoms with Crippen LogP contribution in [0.25, 0.3) is 55.6 Å². The third-order valence-corrected chi connectivity index (χ3v) is 8.32. The normalized spacial score (nSPS) is 12.2. The monoisotopic (exact) mass is 610 g/mol. The predicted octanol–water partition coefficient (Wildman–Crippen LogP) is 6.55. The Morgan fingerprint density at radius 2 is 1.77 bits per heavy atom. The molecule has 0 bridgehead atoms. The van der Waals surface area contributed by atoms with E-state index in [1.807, 2.05) is 63.2 Å². The Morgan fingerprint density at radius 3 is 2.55 bits per heavy atom. The summed E-state index contributed by atoms with van der Waals surface area (Å²) in [5.41, 5.74) is 6.56. The van der Waals surface area contributed by atoms with Gasteiger partial charge >= 0.3 is 0 Å². The van der Waals surface area contributed by atoms with Gasteiger partial charge in [0.1, 0.15) is 21.3 Å². The van der Waals surface area contributed by atoms with Crippen LogP contribution < -0.4 is 5.32 Å². The van der Waals surface area contributed by atoms with Gasteiger partial charge in [-0.3, -0.25) is 19.9 Å². The van der Waals surface area contributed by atoms with E-state index in [0.717, 1.165) is 38.6 Å². The van der Waals surface area contributed by atoms with E-state index in [0.29, 0.717) is 28.2 Å². The highest BCUT2D eigenvalue weighted by Gasteiger charge is 2.22. The summed E-state index contributed by atoms with van der Waals surface area (Å²) in [6.07, 6.45) is 6.41. The number of H-pyrrole nitrogens is 2. The van der Waals surface area contributed by atoms with Gasteiger partial charge in [0.05, 0.1) is 40.7 Å². The Kier molecular flexibility index (Phi) is 7.28. The molecule has 0 fully saturated rings. The van der Waals surface area contributed by atoms with Crippen molar-refractivity contribution in [1.29, 1.82) is 0 Å². The second kappa shape index (κ2) is 11.0. The van der Waals surface area contributed by atoms with Gasteiger partial charge in [0, 0.05) is 39.7 Å². The minimum absolute atomic E-state index is 0.0522. The smallest absolute Gasteiger partial charge is 0.229 e. The molecule has 4 aromatic heterocycles. The molecule has 9 nitrogen and oxygen atoms in total. The van der Waals surface area contributed by atoms with E-state index in [-0.39, 0.29) is 18.1 Å². The Labute approximate surface area is 253 Å². The zero-order valence-electron chi connectivity index (χ0n) is 24.7. The van der Waals surface area contributed by atoms with Gasteiger partial charge in [0.25, 0.3) is 0 Å². The van der Waals surface area contributed by atoms with Crippen molar-refractivity contribution in [3.05, 3.63) is 84.6 Å². The van der Waals surface area contributed by atoms with Crippen LogP contribution in [0, 0.1) is 11.2 Å². The number of nitrogens with one attached hydrogen (secondary N) is 3. The van der Waals surface area contributed by atoms with E-state index in [9.17, 15) is 17.6 Å². The number of carbonyl (C=O) groups is 1. The van der Waals surface area contributed by atoms with Crippen LogP contribution in [0.15, 0.2) is 73.2 Å². The fraction of sp³-hybridized carbons (Fsp3) is 0.212. The minimum atomic E-state index is -3.18. The molecule has 0 saturated carbocycles. The van der Waals surface area contributed by atoms with Crippen LogP contribution >= 0.6 is 0 Å². The summed E-state index contributed by atoms with van der Waals surface area (Å²) in [4.78, 5) is 24.8. The predicted molar refractivity (Wildman–Crippen MR) is 171 cm³/mol. The molecule has 0 atom stereocenters. The number of aromatic nitrogens is 5. The van der Waals surface area contributed by atoms with E-state index < -0.39 is 21.1 Å². The molecule has 0 spiro atoms. The Bertz CT molecular complexity index is 2160. The van der Waals surface area contributed by atoms with Crippen molar-refractivity contribution in [3.63, 3.8) is 0 Å². The Morgan fingerprint density at radius 1 is 0.955 bits per heavy atom. The van der Waals surface area contributed by atoms with Gasteiger partial charge in [-0.15, -0.1) is 0 Å². The highest BCUT2D eigenvalue weighted by Crippen LogP contribution is 2.35. The highest BCUT2D eigenvalue weighted by atomic mass is 32.2. The number of rotatable bonds is 7. The van der Waals surface area contributed by atoms with Crippen molar-refractivity contribution in [2.75, 3.05) is 17.3 Å². The number of nitrogens with zero attached hydrogens (tertiary/aromatic N) is 3. The maximum Gasteiger partial charge on any atom is 0.229 e. The number of halogens is 1. The number of pyridine rings is 2. The Hall–Kier alpha value is -4.90. The highest BCUT2D eigenvalue weighted by molar-refractivity contribution is 7.90. The molecular weight excluding hydrogens is 579 g/mol. The topological polar surface area (TPSA) is 133 Å². The number of anilines is 1. The van der Waals surface area contributed by atoms with Gasteiger partial charge in [0.15, 0.2) is 0 Å². The average Bonchev–Trinajstić information content (AvgIpc) is 3.59. The molecule has 0 unspecified atom stereocenters. The average molecular weight is 611 g/mol. The first kappa shape index (κ1) is 29.2. The zero-order valence-corrected chi connectivity index (χ0v) is 25.5. The van der Waals surface area contributed by atoms with Crippen molar-refractivity contribution in [1.82, 2.24) is 25.1 Å². The summed E-state index contributed by atoms with van der Waals surface area (Å²) < 4.78 is 38.0. The van der Waals surface area contributed by atoms with Gasteiger partial charge in [0.2, 0.25) is 5.91 Å². The maximum absolute atomic E-state index is 14.7. The molecular formula is C33H31FN6O3S. The van der Waals surface area contributed by atoms with Gasteiger partial charge < -0.3 is 10.3 Å². The summed E-state index contributed by atoms with van der Waals surface area (Å²) in [5.74, 6) is -0.587. The molecule has 11 heteroatoms. The van der Waals surface area contributed by atoms with E-state index in [1.165, 1.54) is 18.4 Å². The quantitative estimate of drug-likeness (QED) is 0.188. The number of aromatic amines is 2. The van der Waals surface area contributed by atoms with Crippen molar-refractivity contribution in [3.8, 4) is 33.8 Å². The molecule has 6 aromatic rings. The molecule has 0 aliphatic rings. The van der Waals surface area contributed by atoms with Crippen LogP contribution in [0.5, 0.6) is 0 Å². The van der Waals surface area contributed by atoms with E-state index in [1.54, 1.807) is 18.6 Å². The number of benzene rings is 2. The zero-order chi connectivity index (χ0) is 31.2. The largest absolute Gasteiger partial charge is 0.353 e. The lowest BCUT2D eigenvalue weighted by Crippen LogP contribution is -2.27. The lowest BCUT2D eigenvalue weighted by molar-refractivity contribution is -0.123. The summed E-state index contributed by atoms with van der Waals surface area (Å²) in [6.45, 7) is 5.54. The number of hydrogen-bond acceptors (Lipinski definition) is 6. The van der Waals surface area contributed by atoms with Crippen molar-refractivity contribution in [2.24, 2.45) is 5.41 Å². The van der Waals surface area contributed by atoms with Crippen molar-refractivity contribution < 1.29 is 17.6 Å². The first-order valence-electron chi connectivity index (χ1n) is 14.0. The van der Waals surface area contributed by atoms with Gasteiger partial charge in [-0.05, 0) is 59.5 Å². The molecule has 0 aliphatic carbocycles. The van der Waals surface area contributed by atoms with Gasteiger partial charge in [-0.1, -0.05) is 39.0 Å². The molecule has 0 aliphatic heterocycles. The third kappa shape index (κ3) is 6.09. The molecule has 0 radical (unpaired) electrons. The first-order chi connectivity index (χ1) is 20.8. The number of fused-ring (bicyclic) bond motifs is 2. The molecule has 6 rings (SSSR count). The SMILES string of the molecule is CC(C)(C)C(=O)Nc1cncc(-c2cc3c(-c4cc5c(-c6cc(F)cc(CCS(C)(=O)=O)c6)cccc5[nH]4)n[nH]c3cn2)c1. The fourth-order valence-corrected chi connectivity index (χ4v) is 5.64. The van der Waals surface area contributed by atoms with Gasteiger partial charge in [-0.25, -0.2) is 12.8 Å². The van der Waals surface area contributed by atoms with Crippen LogP contribution in [-0.4, -0.2) is 51.5 Å². The molecule has 2 aromatic carbocycles. The van der Waals surface area contributed by atoms with Crippen molar-refractivity contribution >= 4 is 43.2 Å². The van der Waals surface area contributed by atoms with Gasteiger partial charge in [-0.2, -0.15) is 5.10 Å². The first-order valence-corrected chi connectivity index (χ1v) is 16.1. The number of hydrogen-bond donors (Lipinski definition) is 3. The van der Waals surface area contributed by atoms with Crippen LogP contribution in [0.2, 0.25) is 0 Å². The second-order valence-corrected chi connectivity index (χ2v) is 14.3. The molecule has 4 heterocycles. The lowest BCUT2D eigenvalue weighted by Gasteiger charge is -2.17. The maximum atomic E-state index is 14.7. The van der Waals surface area contributed by atoms with Crippen LogP contribution in [0.4, 0.5) is 10.1 Å². The second-order valence-electron chi connectivity index (χ2n) is 12.0. The number of carbonyl (C=O) groups excluding carboxylic acids is 1. The summed E-state index contributed by atoms with van der Waals surface area (Å²) in [6, 6.07) is 16.2. The summed E-state index contributed by atoms with van der Waals surface area (Å²) in [5, 5.41) is 12.2. The third-order valence-electron chi connectivity index (χ3n) is 7.37. The van der Waals surface area contributed by atoms with E-state index in [4.69, 9.17) is 0 Å². The fourth-order valence-electron chi connectivity index (χ4n) is 5.03. The van der Waals surface area contributed by atoms with Crippen LogP contribution in [-0.2, 0) is 21.1 Å². The van der Waals surface area contributed by atoms with E-state index >= 15 is 0 Å². The molecule has 44 heavy (non-hydrogen) atoms. The number of amides is 1. The lowest BCUT2D eigenvalue weighted by atomic mass is 9.95. The minimum Gasteiger partial charge on any atom is -0.353 e. The summed E-state index contributed by atoms with van der Waals surface area (Å²) in [7, 11) is -3.18. The Balaban J connectivity index is 1.37. The van der Waals surface area contributed by atoms with Crippen LogP contribution in [0.3, 0.4) is 0 Å². The van der Waals surface area contributed by atoms with Crippen molar-refractivity contribution in [2.45, 2.75) is 27.2 Å². The van der Waals surface area contributed by atoms with Crippen LogP contribution in [0.1, 0.15) is 26.3 Å². The number of aryl methyl sites for hydroxylation is 1.